The first kappa shape index (κ1) is 21.0. The molecule has 4 saturated carbocycles. The molecule has 0 saturated heterocycles. The lowest BCUT2D eigenvalue weighted by atomic mass is 9.48. The number of carbonyl (C=O) groups is 2. The van der Waals surface area contributed by atoms with Gasteiger partial charge in [-0.15, -0.1) is 0 Å². The minimum atomic E-state index is -0.717. The second kappa shape index (κ2) is 8.10. The number of methoxy groups -OCH3 is 2. The monoisotopic (exact) mass is 417 g/mol. The Morgan fingerprint density at radius 2 is 1.80 bits per heavy atom. The van der Waals surface area contributed by atoms with Gasteiger partial charge in [0.05, 0.1) is 25.2 Å². The maximum absolute atomic E-state index is 12.8. The number of hydrogen-bond donors (Lipinski definition) is 2. The van der Waals surface area contributed by atoms with Crippen molar-refractivity contribution in [1.29, 1.82) is 0 Å². The first-order chi connectivity index (χ1) is 14.3. The van der Waals surface area contributed by atoms with Crippen LogP contribution in [0.3, 0.4) is 0 Å². The summed E-state index contributed by atoms with van der Waals surface area (Å²) in [6.45, 7) is 0.154. The zero-order valence-electron chi connectivity index (χ0n) is 17.7. The van der Waals surface area contributed by atoms with Gasteiger partial charge in [-0.3, -0.25) is 9.59 Å². The molecular formula is C23H31NO6. The van der Waals surface area contributed by atoms with E-state index in [4.69, 9.17) is 14.2 Å². The maximum atomic E-state index is 12.8. The Kier molecular flexibility index (Phi) is 5.66. The average molecular weight is 418 g/mol. The number of esters is 1. The summed E-state index contributed by atoms with van der Waals surface area (Å²) in [6, 6.07) is 5.63. The second-order valence-electron chi connectivity index (χ2n) is 9.33. The lowest BCUT2D eigenvalue weighted by Crippen LogP contribution is -2.58. The van der Waals surface area contributed by atoms with Crippen LogP contribution in [0.25, 0.3) is 0 Å². The largest absolute Gasteiger partial charge is 0.493 e. The molecule has 30 heavy (non-hydrogen) atoms. The molecule has 7 nitrogen and oxygen atoms in total. The van der Waals surface area contributed by atoms with Crippen LogP contribution in [0, 0.1) is 17.3 Å². The molecular weight excluding hydrogens is 386 g/mol. The topological polar surface area (TPSA) is 94.1 Å². The molecule has 1 aromatic carbocycles. The van der Waals surface area contributed by atoms with Gasteiger partial charge in [-0.25, -0.2) is 0 Å². The summed E-state index contributed by atoms with van der Waals surface area (Å²) in [4.78, 5) is 25.0. The first-order valence-electron chi connectivity index (χ1n) is 10.7. The summed E-state index contributed by atoms with van der Waals surface area (Å²) < 4.78 is 15.9. The molecule has 4 aliphatic rings. The van der Waals surface area contributed by atoms with E-state index in [0.29, 0.717) is 42.7 Å². The molecule has 7 heteroatoms. The van der Waals surface area contributed by atoms with Gasteiger partial charge in [0, 0.05) is 6.54 Å². The Bertz CT molecular complexity index is 808. The third-order valence-corrected chi connectivity index (χ3v) is 6.98. The predicted octanol–water partition coefficient (Wildman–Crippen LogP) is 2.24. The normalized spacial score (nSPS) is 31.3. The van der Waals surface area contributed by atoms with Gasteiger partial charge in [0.1, 0.15) is 0 Å². The van der Waals surface area contributed by atoms with E-state index < -0.39 is 11.0 Å². The molecule has 1 aromatic rings. The van der Waals surface area contributed by atoms with Crippen LogP contribution in [-0.4, -0.2) is 50.0 Å². The van der Waals surface area contributed by atoms with Crippen LogP contribution in [0.4, 0.5) is 0 Å². The predicted molar refractivity (Wildman–Crippen MR) is 109 cm³/mol. The standard InChI is InChI=1S/C23H31NO6/c1-28-18-4-3-15(8-19(18)29-2)5-6-24-20(25)13-30-21(26)22-9-16-7-17(10-22)12-23(27,11-16)14-22/h3-4,8,16-17,27H,5-7,9-14H2,1-2H3,(H,24,25)/t16-,17+,22?,23?. The third kappa shape index (κ3) is 4.13. The highest BCUT2D eigenvalue weighted by Crippen LogP contribution is 2.61. The molecule has 4 bridgehead atoms. The fourth-order valence-electron chi connectivity index (χ4n) is 6.17. The van der Waals surface area contributed by atoms with E-state index in [1.807, 2.05) is 18.2 Å². The molecule has 4 fully saturated rings. The van der Waals surface area contributed by atoms with Gasteiger partial charge in [0.15, 0.2) is 18.1 Å². The maximum Gasteiger partial charge on any atom is 0.312 e. The fourth-order valence-corrected chi connectivity index (χ4v) is 6.17. The lowest BCUT2D eigenvalue weighted by Gasteiger charge is -2.58. The van der Waals surface area contributed by atoms with Crippen LogP contribution >= 0.6 is 0 Å². The molecule has 1 amide bonds. The van der Waals surface area contributed by atoms with Crippen molar-refractivity contribution in [3.05, 3.63) is 23.8 Å². The van der Waals surface area contributed by atoms with E-state index in [9.17, 15) is 14.7 Å². The van der Waals surface area contributed by atoms with Crippen LogP contribution in [0.2, 0.25) is 0 Å². The van der Waals surface area contributed by atoms with Crippen molar-refractivity contribution in [1.82, 2.24) is 5.32 Å². The number of carbonyl (C=O) groups excluding carboxylic acids is 2. The average Bonchev–Trinajstić information content (AvgIpc) is 2.70. The van der Waals surface area contributed by atoms with E-state index in [-0.39, 0.29) is 18.5 Å². The number of amides is 1. The molecule has 0 aliphatic heterocycles. The van der Waals surface area contributed by atoms with Gasteiger partial charge < -0.3 is 24.6 Å². The Balaban J connectivity index is 1.24. The zero-order chi connectivity index (χ0) is 21.4. The SMILES string of the molecule is COc1ccc(CCNC(=O)COC(=O)C23C[C@@H]4C[C@@H](CC(O)(C4)C2)C3)cc1OC. The third-order valence-electron chi connectivity index (χ3n) is 6.98. The summed E-state index contributed by atoms with van der Waals surface area (Å²) in [6.07, 6.45) is 5.38. The molecule has 2 N–H and O–H groups in total. The molecule has 2 unspecified atom stereocenters. The highest BCUT2D eigenvalue weighted by Gasteiger charge is 2.60. The van der Waals surface area contributed by atoms with Crippen molar-refractivity contribution in [2.24, 2.45) is 17.3 Å². The Hall–Kier alpha value is -2.28. The van der Waals surface area contributed by atoms with Crippen molar-refractivity contribution >= 4 is 11.9 Å². The van der Waals surface area contributed by atoms with Crippen LogP contribution in [0.1, 0.15) is 44.1 Å². The van der Waals surface area contributed by atoms with E-state index in [2.05, 4.69) is 5.32 Å². The van der Waals surface area contributed by atoms with E-state index >= 15 is 0 Å². The van der Waals surface area contributed by atoms with Crippen LogP contribution in [-0.2, 0) is 20.7 Å². The van der Waals surface area contributed by atoms with Crippen molar-refractivity contribution in [3.63, 3.8) is 0 Å². The number of benzene rings is 1. The highest BCUT2D eigenvalue weighted by molar-refractivity contribution is 5.83. The number of nitrogens with one attached hydrogen (secondary N) is 1. The van der Waals surface area contributed by atoms with Crippen molar-refractivity contribution in [2.75, 3.05) is 27.4 Å². The lowest BCUT2D eigenvalue weighted by molar-refractivity contribution is -0.196. The first-order valence-corrected chi connectivity index (χ1v) is 10.7. The molecule has 164 valence electrons. The van der Waals surface area contributed by atoms with Crippen molar-refractivity contribution < 1.29 is 28.9 Å². The Morgan fingerprint density at radius 1 is 1.10 bits per heavy atom. The number of ether oxygens (including phenoxy) is 3. The number of aliphatic hydroxyl groups is 1. The molecule has 5 rings (SSSR count). The van der Waals surface area contributed by atoms with Gasteiger partial charge in [-0.2, -0.15) is 0 Å². The summed E-state index contributed by atoms with van der Waals surface area (Å²) in [5.74, 6) is 1.48. The summed E-state index contributed by atoms with van der Waals surface area (Å²) in [7, 11) is 3.17. The second-order valence-corrected chi connectivity index (χ2v) is 9.33. The van der Waals surface area contributed by atoms with Crippen molar-refractivity contribution in [3.8, 4) is 11.5 Å². The quantitative estimate of drug-likeness (QED) is 0.630. The minimum Gasteiger partial charge on any atom is -0.493 e. The molecule has 0 spiro atoms. The Labute approximate surface area is 177 Å². The van der Waals surface area contributed by atoms with Crippen LogP contribution in [0.15, 0.2) is 18.2 Å². The minimum absolute atomic E-state index is 0.278. The molecule has 0 radical (unpaired) electrons. The molecule has 0 aromatic heterocycles. The molecule has 0 heterocycles. The summed E-state index contributed by atoms with van der Waals surface area (Å²) in [5, 5.41) is 13.6. The highest BCUT2D eigenvalue weighted by atomic mass is 16.5. The zero-order valence-corrected chi connectivity index (χ0v) is 17.7. The molecule has 4 aliphatic carbocycles. The van der Waals surface area contributed by atoms with E-state index in [1.54, 1.807) is 14.2 Å². The Morgan fingerprint density at radius 3 is 2.43 bits per heavy atom. The summed E-state index contributed by atoms with van der Waals surface area (Å²) >= 11 is 0. The van der Waals surface area contributed by atoms with Crippen LogP contribution in [0.5, 0.6) is 11.5 Å². The van der Waals surface area contributed by atoms with Crippen LogP contribution < -0.4 is 14.8 Å². The summed E-state index contributed by atoms with van der Waals surface area (Å²) in [5.41, 5.74) is -0.310. The fraction of sp³-hybridized carbons (Fsp3) is 0.652. The number of rotatable bonds is 8. The van der Waals surface area contributed by atoms with E-state index in [0.717, 1.165) is 37.7 Å². The van der Waals surface area contributed by atoms with Gasteiger partial charge in [-0.05, 0) is 74.5 Å². The number of hydrogen-bond acceptors (Lipinski definition) is 6. The molecule has 4 atom stereocenters. The van der Waals surface area contributed by atoms with Gasteiger partial charge in [0.25, 0.3) is 5.91 Å². The van der Waals surface area contributed by atoms with Crippen molar-refractivity contribution in [2.45, 2.75) is 50.5 Å². The van der Waals surface area contributed by atoms with E-state index in [1.165, 1.54) is 0 Å². The van der Waals surface area contributed by atoms with Gasteiger partial charge in [-0.1, -0.05) is 6.07 Å². The van der Waals surface area contributed by atoms with Gasteiger partial charge >= 0.3 is 5.97 Å². The smallest absolute Gasteiger partial charge is 0.312 e. The van der Waals surface area contributed by atoms with Gasteiger partial charge in [0.2, 0.25) is 0 Å².